The van der Waals surface area contributed by atoms with E-state index in [1.54, 1.807) is 12.1 Å². The number of esters is 1. The first-order chi connectivity index (χ1) is 8.58. The fraction of sp³-hybridized carbons (Fsp3) is 0.417. The molecule has 1 aliphatic heterocycles. The van der Waals surface area contributed by atoms with Gasteiger partial charge in [-0.1, -0.05) is 13.8 Å². The summed E-state index contributed by atoms with van der Waals surface area (Å²) in [5, 5.41) is 0. The van der Waals surface area contributed by atoms with Crippen molar-refractivity contribution in [3.8, 4) is 11.5 Å². The van der Waals surface area contributed by atoms with Gasteiger partial charge in [0.15, 0.2) is 5.75 Å². The summed E-state index contributed by atoms with van der Waals surface area (Å²) >= 11 is 1.94. The van der Waals surface area contributed by atoms with Crippen LogP contribution in [0.15, 0.2) is 12.1 Å². The summed E-state index contributed by atoms with van der Waals surface area (Å²) in [5.41, 5.74) is 0.358. The van der Waals surface area contributed by atoms with Crippen LogP contribution in [0.5, 0.6) is 11.5 Å². The summed E-state index contributed by atoms with van der Waals surface area (Å²) in [5.74, 6) is 0.435. The van der Waals surface area contributed by atoms with Gasteiger partial charge in [0, 0.05) is 11.0 Å². The number of rotatable bonds is 2. The van der Waals surface area contributed by atoms with E-state index in [0.717, 1.165) is 11.8 Å². The van der Waals surface area contributed by atoms with E-state index in [-0.39, 0.29) is 18.1 Å². The molecule has 0 spiro atoms. The van der Waals surface area contributed by atoms with Crippen molar-refractivity contribution in [2.45, 2.75) is 25.7 Å². The summed E-state index contributed by atoms with van der Waals surface area (Å²) in [4.78, 5) is 11.5. The molecular weight excluding hydrogens is 383 g/mol. The van der Waals surface area contributed by atoms with Crippen molar-refractivity contribution in [2.75, 3.05) is 6.26 Å². The number of fused-ring (bicyclic) bond motifs is 1. The predicted octanol–water partition coefficient (Wildman–Crippen LogP) is 2.22. The van der Waals surface area contributed by atoms with Gasteiger partial charge in [-0.3, -0.25) is 4.79 Å². The second-order valence-electron chi connectivity index (χ2n) is 5.10. The summed E-state index contributed by atoms with van der Waals surface area (Å²) in [6.07, 6.45) is 1.24. The number of hydrogen-bond acceptors (Lipinski definition) is 5. The zero-order valence-electron chi connectivity index (χ0n) is 10.7. The second kappa shape index (κ2) is 4.62. The molecule has 0 saturated carbocycles. The third-order valence-corrected chi connectivity index (χ3v) is 4.14. The molecule has 0 unspecified atom stereocenters. The van der Waals surface area contributed by atoms with Crippen LogP contribution in [0.1, 0.15) is 25.8 Å². The van der Waals surface area contributed by atoms with Crippen molar-refractivity contribution in [3.63, 3.8) is 0 Å². The van der Waals surface area contributed by atoms with Gasteiger partial charge in [-0.05, 0) is 34.7 Å². The van der Waals surface area contributed by atoms with Gasteiger partial charge in [0.2, 0.25) is 0 Å². The van der Waals surface area contributed by atoms with Crippen molar-refractivity contribution < 1.29 is 22.1 Å². The quantitative estimate of drug-likeness (QED) is 0.332. The van der Waals surface area contributed by atoms with Gasteiger partial charge < -0.3 is 8.92 Å². The van der Waals surface area contributed by atoms with E-state index < -0.39 is 15.5 Å². The molecule has 1 aromatic rings. The van der Waals surface area contributed by atoms with Gasteiger partial charge in [-0.25, -0.2) is 0 Å². The average Bonchev–Trinajstić information content (AvgIpc) is 2.17. The van der Waals surface area contributed by atoms with Crippen molar-refractivity contribution in [3.05, 3.63) is 21.3 Å². The molecule has 2 rings (SSSR count). The Kier molecular flexibility index (Phi) is 3.54. The minimum absolute atomic E-state index is 0.249. The summed E-state index contributed by atoms with van der Waals surface area (Å²) < 4.78 is 33.2. The third-order valence-electron chi connectivity index (χ3n) is 2.81. The highest BCUT2D eigenvalue weighted by molar-refractivity contribution is 14.1. The molecule has 7 heteroatoms. The van der Waals surface area contributed by atoms with Crippen molar-refractivity contribution in [2.24, 2.45) is 0 Å². The van der Waals surface area contributed by atoms with Crippen molar-refractivity contribution in [1.82, 2.24) is 0 Å². The van der Waals surface area contributed by atoms with Gasteiger partial charge in [0.1, 0.15) is 5.75 Å². The molecular formula is C12H13IO5S. The lowest BCUT2D eigenvalue weighted by Gasteiger charge is -2.31. The van der Waals surface area contributed by atoms with E-state index in [9.17, 15) is 13.2 Å². The molecule has 0 N–H and O–H groups in total. The molecule has 0 atom stereocenters. The number of benzene rings is 1. The maximum Gasteiger partial charge on any atom is 0.312 e. The van der Waals surface area contributed by atoms with Crippen LogP contribution >= 0.6 is 22.6 Å². The molecule has 0 aliphatic carbocycles. The fourth-order valence-corrected chi connectivity index (χ4v) is 3.15. The molecule has 0 fully saturated rings. The molecule has 1 heterocycles. The average molecular weight is 396 g/mol. The first-order valence-corrected chi connectivity index (χ1v) is 8.42. The first kappa shape index (κ1) is 14.6. The Balaban J connectivity index is 2.56. The lowest BCUT2D eigenvalue weighted by atomic mass is 9.79. The summed E-state index contributed by atoms with van der Waals surface area (Å²) in [6.45, 7) is 3.81. The lowest BCUT2D eigenvalue weighted by molar-refractivity contribution is -0.136. The van der Waals surface area contributed by atoms with Gasteiger partial charge in [-0.15, -0.1) is 0 Å². The predicted molar refractivity (Wildman–Crippen MR) is 77.9 cm³/mol. The van der Waals surface area contributed by atoms with Crippen LogP contribution in [0.2, 0.25) is 0 Å². The van der Waals surface area contributed by atoms with Crippen LogP contribution in [-0.4, -0.2) is 20.6 Å². The van der Waals surface area contributed by atoms with Crippen LogP contribution in [0.25, 0.3) is 0 Å². The van der Waals surface area contributed by atoms with Crippen LogP contribution < -0.4 is 8.92 Å². The topological polar surface area (TPSA) is 69.7 Å². The number of ether oxygens (including phenoxy) is 1. The lowest BCUT2D eigenvalue weighted by Crippen LogP contribution is -2.30. The SMILES string of the molecule is CC1(C)CC(=O)Oc2cc(I)c(OS(C)(=O)=O)cc21. The molecule has 0 amide bonds. The van der Waals surface area contributed by atoms with Gasteiger partial charge in [0.25, 0.3) is 0 Å². The number of carbonyl (C=O) groups excluding carboxylic acids is 1. The molecule has 0 aromatic heterocycles. The van der Waals surface area contributed by atoms with Crippen LogP contribution in [0, 0.1) is 3.57 Å². The molecule has 5 nitrogen and oxygen atoms in total. The highest BCUT2D eigenvalue weighted by Gasteiger charge is 2.35. The van der Waals surface area contributed by atoms with Crippen LogP contribution in [0.3, 0.4) is 0 Å². The van der Waals surface area contributed by atoms with Gasteiger partial charge in [-0.2, -0.15) is 8.42 Å². The molecule has 104 valence electrons. The van der Waals surface area contributed by atoms with Crippen LogP contribution in [0.4, 0.5) is 0 Å². The Bertz CT molecular complexity index is 648. The van der Waals surface area contributed by atoms with E-state index in [1.807, 2.05) is 36.4 Å². The zero-order chi connectivity index (χ0) is 14.4. The Morgan fingerprint density at radius 2 is 2.00 bits per heavy atom. The molecule has 0 saturated heterocycles. The Hall–Kier alpha value is -0.830. The zero-order valence-corrected chi connectivity index (χ0v) is 13.7. The molecule has 1 aromatic carbocycles. The Morgan fingerprint density at radius 3 is 2.58 bits per heavy atom. The Labute approximate surface area is 125 Å². The molecule has 0 radical (unpaired) electrons. The van der Waals surface area contributed by atoms with Crippen molar-refractivity contribution >= 4 is 38.7 Å². The smallest absolute Gasteiger partial charge is 0.312 e. The maximum atomic E-state index is 11.5. The molecule has 19 heavy (non-hydrogen) atoms. The van der Waals surface area contributed by atoms with Crippen LogP contribution in [-0.2, 0) is 20.3 Å². The van der Waals surface area contributed by atoms with E-state index in [4.69, 9.17) is 8.92 Å². The molecule has 0 bridgehead atoms. The van der Waals surface area contributed by atoms with E-state index in [1.165, 1.54) is 0 Å². The van der Waals surface area contributed by atoms with E-state index in [0.29, 0.717) is 9.32 Å². The minimum Gasteiger partial charge on any atom is -0.426 e. The van der Waals surface area contributed by atoms with Gasteiger partial charge in [0.05, 0.1) is 16.2 Å². The number of halogens is 1. The minimum atomic E-state index is -3.59. The van der Waals surface area contributed by atoms with Gasteiger partial charge >= 0.3 is 16.1 Å². The normalized spacial score (nSPS) is 17.6. The summed E-state index contributed by atoms with van der Waals surface area (Å²) in [6, 6.07) is 3.25. The monoisotopic (exact) mass is 396 g/mol. The third kappa shape index (κ3) is 3.19. The molecule has 1 aliphatic rings. The highest BCUT2D eigenvalue weighted by atomic mass is 127. The van der Waals surface area contributed by atoms with E-state index in [2.05, 4.69) is 0 Å². The standard InChI is InChI=1S/C12H13IO5S/c1-12(2)6-11(14)17-9-5-8(13)10(4-7(9)12)18-19(3,15)16/h4-5H,6H2,1-3H3. The largest absolute Gasteiger partial charge is 0.426 e. The Morgan fingerprint density at radius 1 is 1.37 bits per heavy atom. The number of carbonyl (C=O) groups is 1. The van der Waals surface area contributed by atoms with E-state index >= 15 is 0 Å². The fourth-order valence-electron chi connectivity index (χ4n) is 1.99. The second-order valence-corrected chi connectivity index (χ2v) is 7.84. The number of hydrogen-bond donors (Lipinski definition) is 0. The first-order valence-electron chi connectivity index (χ1n) is 5.53. The summed E-state index contributed by atoms with van der Waals surface area (Å²) in [7, 11) is -3.59. The van der Waals surface area contributed by atoms with Crippen molar-refractivity contribution in [1.29, 1.82) is 0 Å². The highest BCUT2D eigenvalue weighted by Crippen LogP contribution is 2.42. The maximum absolute atomic E-state index is 11.5.